The van der Waals surface area contributed by atoms with Gasteiger partial charge < -0.3 is 10.1 Å². The molecule has 0 heterocycles. The van der Waals surface area contributed by atoms with Gasteiger partial charge in [0, 0.05) is 23.2 Å². The van der Waals surface area contributed by atoms with Crippen LogP contribution in [-0.4, -0.2) is 27.5 Å². The van der Waals surface area contributed by atoms with Crippen LogP contribution >= 0.6 is 11.6 Å². The molecule has 6 nitrogen and oxygen atoms in total. The number of hydrogen-bond donors (Lipinski definition) is 2. The first kappa shape index (κ1) is 20.6. The summed E-state index contributed by atoms with van der Waals surface area (Å²) < 4.78 is 33.6. The summed E-state index contributed by atoms with van der Waals surface area (Å²) in [6, 6.07) is 11.5. The molecule has 0 spiro atoms. The van der Waals surface area contributed by atoms with Crippen LogP contribution in [0.5, 0.6) is 5.75 Å². The van der Waals surface area contributed by atoms with E-state index in [1.807, 2.05) is 6.07 Å². The summed E-state index contributed by atoms with van der Waals surface area (Å²) in [7, 11) is -2.38. The lowest BCUT2D eigenvalue weighted by molar-refractivity contribution is 0.0950. The summed E-state index contributed by atoms with van der Waals surface area (Å²) in [5.41, 5.74) is 1.10. The van der Waals surface area contributed by atoms with Gasteiger partial charge in [-0.15, -0.1) is 0 Å². The number of benzene rings is 2. The standard InChI is InChI=1S/C20H23ClN2O4S/c1-27-18-10-9-15(20(24)22-13-14-5-4-6-16(21)11-14)12-19(18)28(25,26)23-17-7-2-3-8-17/h4-6,9-12,17,23H,2-3,7-8,13H2,1H3,(H,22,24). The van der Waals surface area contributed by atoms with Crippen molar-refractivity contribution in [1.29, 1.82) is 0 Å². The molecule has 2 N–H and O–H groups in total. The number of methoxy groups -OCH3 is 1. The van der Waals surface area contributed by atoms with Gasteiger partial charge in [-0.2, -0.15) is 0 Å². The van der Waals surface area contributed by atoms with E-state index in [2.05, 4.69) is 10.0 Å². The molecule has 0 aromatic heterocycles. The van der Waals surface area contributed by atoms with E-state index < -0.39 is 10.0 Å². The molecule has 2 aromatic carbocycles. The molecular weight excluding hydrogens is 400 g/mol. The normalized spacial score (nSPS) is 14.8. The highest BCUT2D eigenvalue weighted by Crippen LogP contribution is 2.27. The fraction of sp³-hybridized carbons (Fsp3) is 0.350. The van der Waals surface area contributed by atoms with Crippen molar-refractivity contribution in [1.82, 2.24) is 10.0 Å². The number of carbonyl (C=O) groups is 1. The fourth-order valence-electron chi connectivity index (χ4n) is 3.29. The summed E-state index contributed by atoms with van der Waals surface area (Å²) >= 11 is 5.95. The van der Waals surface area contributed by atoms with E-state index in [1.54, 1.807) is 24.3 Å². The summed E-state index contributed by atoms with van der Waals surface area (Å²) in [6.07, 6.45) is 3.66. The smallest absolute Gasteiger partial charge is 0.251 e. The Hall–Kier alpha value is -2.09. The van der Waals surface area contributed by atoms with Crippen LogP contribution in [0.3, 0.4) is 0 Å². The molecular formula is C20H23ClN2O4S. The first-order valence-corrected chi connectivity index (χ1v) is 11.0. The molecule has 3 rings (SSSR count). The molecule has 0 radical (unpaired) electrons. The Kier molecular flexibility index (Phi) is 6.59. The Labute approximate surface area is 170 Å². The average Bonchev–Trinajstić information content (AvgIpc) is 3.18. The van der Waals surface area contributed by atoms with Gasteiger partial charge in [0.15, 0.2) is 0 Å². The molecule has 2 aromatic rings. The van der Waals surface area contributed by atoms with E-state index in [0.29, 0.717) is 5.02 Å². The third kappa shape index (κ3) is 5.04. The van der Waals surface area contributed by atoms with Crippen LogP contribution in [-0.2, 0) is 16.6 Å². The number of amides is 1. The number of nitrogens with one attached hydrogen (secondary N) is 2. The predicted molar refractivity (Wildman–Crippen MR) is 108 cm³/mol. The molecule has 28 heavy (non-hydrogen) atoms. The Morgan fingerprint density at radius 2 is 1.93 bits per heavy atom. The van der Waals surface area contributed by atoms with Crippen LogP contribution in [0.1, 0.15) is 41.6 Å². The maximum atomic E-state index is 12.8. The minimum absolute atomic E-state index is 0.0303. The van der Waals surface area contributed by atoms with E-state index in [1.165, 1.54) is 19.2 Å². The zero-order valence-corrected chi connectivity index (χ0v) is 17.1. The van der Waals surface area contributed by atoms with Gasteiger partial charge in [0.05, 0.1) is 7.11 Å². The molecule has 1 saturated carbocycles. The van der Waals surface area contributed by atoms with Crippen LogP contribution in [0.2, 0.25) is 5.02 Å². The number of carbonyl (C=O) groups excluding carboxylic acids is 1. The lowest BCUT2D eigenvalue weighted by Gasteiger charge is -2.16. The van der Waals surface area contributed by atoms with Crippen LogP contribution in [0.15, 0.2) is 47.4 Å². The number of ether oxygens (including phenoxy) is 1. The summed E-state index contributed by atoms with van der Waals surface area (Å²) in [5, 5.41) is 3.36. The van der Waals surface area contributed by atoms with Crippen LogP contribution < -0.4 is 14.8 Å². The third-order valence-corrected chi connectivity index (χ3v) is 6.51. The van der Waals surface area contributed by atoms with Crippen LogP contribution in [0, 0.1) is 0 Å². The largest absolute Gasteiger partial charge is 0.495 e. The van der Waals surface area contributed by atoms with Gasteiger partial charge in [-0.1, -0.05) is 36.6 Å². The Morgan fingerprint density at radius 3 is 2.61 bits per heavy atom. The maximum Gasteiger partial charge on any atom is 0.251 e. The second-order valence-corrected chi connectivity index (χ2v) is 8.90. The van der Waals surface area contributed by atoms with E-state index in [-0.39, 0.29) is 34.7 Å². The maximum absolute atomic E-state index is 12.8. The number of hydrogen-bond acceptors (Lipinski definition) is 4. The zero-order valence-electron chi connectivity index (χ0n) is 15.6. The van der Waals surface area contributed by atoms with Gasteiger partial charge >= 0.3 is 0 Å². The van der Waals surface area contributed by atoms with Gasteiger partial charge in [-0.25, -0.2) is 13.1 Å². The fourth-order valence-corrected chi connectivity index (χ4v) is 5.00. The molecule has 0 saturated heterocycles. The monoisotopic (exact) mass is 422 g/mol. The number of sulfonamides is 1. The average molecular weight is 423 g/mol. The topological polar surface area (TPSA) is 84.5 Å². The van der Waals surface area contributed by atoms with E-state index in [4.69, 9.17) is 16.3 Å². The SMILES string of the molecule is COc1ccc(C(=O)NCc2cccc(Cl)c2)cc1S(=O)(=O)NC1CCCC1. The number of rotatable bonds is 7. The quantitative estimate of drug-likeness (QED) is 0.715. The molecule has 0 unspecified atom stereocenters. The first-order chi connectivity index (χ1) is 13.4. The molecule has 1 fully saturated rings. The lowest BCUT2D eigenvalue weighted by atomic mass is 10.2. The lowest BCUT2D eigenvalue weighted by Crippen LogP contribution is -2.33. The Bertz CT molecular complexity index is 956. The molecule has 0 bridgehead atoms. The zero-order chi connectivity index (χ0) is 20.1. The van der Waals surface area contributed by atoms with Crippen molar-refractivity contribution in [2.24, 2.45) is 0 Å². The van der Waals surface area contributed by atoms with Gasteiger partial charge in [0.2, 0.25) is 10.0 Å². The van der Waals surface area contributed by atoms with E-state index >= 15 is 0 Å². The van der Waals surface area contributed by atoms with E-state index in [0.717, 1.165) is 31.2 Å². The molecule has 1 amide bonds. The van der Waals surface area contributed by atoms with Crippen LogP contribution in [0.25, 0.3) is 0 Å². The number of halogens is 1. The minimum atomic E-state index is -3.79. The van der Waals surface area contributed by atoms with Crippen molar-refractivity contribution in [3.05, 3.63) is 58.6 Å². The second-order valence-electron chi connectivity index (χ2n) is 6.78. The summed E-state index contributed by atoms with van der Waals surface area (Å²) in [6.45, 7) is 0.286. The van der Waals surface area contributed by atoms with E-state index in [9.17, 15) is 13.2 Å². The highest BCUT2D eigenvalue weighted by molar-refractivity contribution is 7.89. The Balaban J connectivity index is 1.78. The minimum Gasteiger partial charge on any atom is -0.495 e. The second kappa shape index (κ2) is 8.94. The Morgan fingerprint density at radius 1 is 1.18 bits per heavy atom. The molecule has 0 atom stereocenters. The van der Waals surface area contributed by atoms with Crippen molar-refractivity contribution < 1.29 is 17.9 Å². The predicted octanol–water partition coefficient (Wildman–Crippen LogP) is 3.50. The summed E-state index contributed by atoms with van der Waals surface area (Å²) in [4.78, 5) is 12.5. The summed E-state index contributed by atoms with van der Waals surface area (Å²) in [5.74, 6) is -0.170. The van der Waals surface area contributed by atoms with Crippen molar-refractivity contribution in [2.45, 2.75) is 43.2 Å². The van der Waals surface area contributed by atoms with Gasteiger partial charge in [-0.3, -0.25) is 4.79 Å². The third-order valence-electron chi connectivity index (χ3n) is 4.73. The van der Waals surface area contributed by atoms with Crippen molar-refractivity contribution in [3.8, 4) is 5.75 Å². The molecule has 150 valence electrons. The van der Waals surface area contributed by atoms with Gasteiger partial charge in [0.1, 0.15) is 10.6 Å². The molecule has 1 aliphatic rings. The first-order valence-electron chi connectivity index (χ1n) is 9.12. The molecule has 8 heteroatoms. The van der Waals surface area contributed by atoms with Gasteiger partial charge in [-0.05, 0) is 48.7 Å². The molecule has 1 aliphatic carbocycles. The van der Waals surface area contributed by atoms with Crippen molar-refractivity contribution in [2.75, 3.05) is 7.11 Å². The molecule has 0 aliphatic heterocycles. The highest BCUT2D eigenvalue weighted by atomic mass is 35.5. The highest BCUT2D eigenvalue weighted by Gasteiger charge is 2.26. The van der Waals surface area contributed by atoms with Crippen LogP contribution in [0.4, 0.5) is 0 Å². The van der Waals surface area contributed by atoms with Crippen molar-refractivity contribution >= 4 is 27.5 Å². The van der Waals surface area contributed by atoms with Gasteiger partial charge in [0.25, 0.3) is 5.91 Å². The van der Waals surface area contributed by atoms with Crippen molar-refractivity contribution in [3.63, 3.8) is 0 Å².